The van der Waals surface area contributed by atoms with Crippen molar-refractivity contribution in [3.63, 3.8) is 0 Å². The number of rotatable bonds is 11. The third-order valence-electron chi connectivity index (χ3n) is 6.19. The molecule has 5 amide bonds. The van der Waals surface area contributed by atoms with Crippen LogP contribution in [-0.2, 0) is 20.8 Å². The monoisotopic (exact) mass is 648 g/mol. The highest BCUT2D eigenvalue weighted by atomic mass is 35.5. The molecular weight excluding hydrogens is 614 g/mol. The number of hydrogen-bond acceptors (Lipinski definition) is 7. The average Bonchev–Trinajstić information content (AvgIpc) is 2.96. The number of nitrogens with zero attached hydrogens (tertiary/aromatic N) is 2. The van der Waals surface area contributed by atoms with Crippen LogP contribution in [0.2, 0.25) is 5.02 Å². The molecule has 2 aromatic carbocycles. The summed E-state index contributed by atoms with van der Waals surface area (Å²) in [6.45, 7) is 4.79. The van der Waals surface area contributed by atoms with Gasteiger partial charge in [-0.3, -0.25) is 10.1 Å². The largest absolute Gasteiger partial charge is 0.447 e. The lowest BCUT2D eigenvalue weighted by Crippen LogP contribution is -2.48. The van der Waals surface area contributed by atoms with Gasteiger partial charge in [-0.2, -0.15) is 0 Å². The first-order valence-corrected chi connectivity index (χ1v) is 14.3. The molecule has 242 valence electrons. The molecule has 0 bridgehead atoms. The van der Waals surface area contributed by atoms with Gasteiger partial charge in [0, 0.05) is 38.3 Å². The smallest absolute Gasteiger partial charge is 0.412 e. The van der Waals surface area contributed by atoms with Crippen LogP contribution in [-0.4, -0.2) is 72.4 Å². The van der Waals surface area contributed by atoms with E-state index in [-0.39, 0.29) is 36.9 Å². The van der Waals surface area contributed by atoms with E-state index in [9.17, 15) is 28.0 Å². The number of pyridine rings is 1. The van der Waals surface area contributed by atoms with Gasteiger partial charge in [0.1, 0.15) is 29.7 Å². The van der Waals surface area contributed by atoms with Crippen LogP contribution in [0, 0.1) is 11.6 Å². The number of halogens is 3. The fraction of sp³-hybridized carbons (Fsp3) is 0.367. The Hall–Kier alpha value is -4.72. The van der Waals surface area contributed by atoms with Gasteiger partial charge in [0.2, 0.25) is 5.91 Å². The highest BCUT2D eigenvalue weighted by Crippen LogP contribution is 2.20. The first-order chi connectivity index (χ1) is 21.2. The first kappa shape index (κ1) is 34.8. The first-order valence-electron chi connectivity index (χ1n) is 13.9. The highest BCUT2D eigenvalue weighted by molar-refractivity contribution is 6.31. The number of carbonyl (C=O) groups is 4. The number of nitrogens with one attached hydrogen (secondary N) is 4. The summed E-state index contributed by atoms with van der Waals surface area (Å²) in [6, 6.07) is 8.17. The molecule has 45 heavy (non-hydrogen) atoms. The van der Waals surface area contributed by atoms with Crippen LogP contribution in [0.4, 0.5) is 29.0 Å². The Morgan fingerprint density at radius 2 is 1.71 bits per heavy atom. The number of hydrogen-bond donors (Lipinski definition) is 4. The molecule has 1 aromatic heterocycles. The number of carbonyl (C=O) groups excluding carboxylic acids is 4. The van der Waals surface area contributed by atoms with Crippen LogP contribution in [0.5, 0.6) is 0 Å². The molecule has 3 rings (SSSR count). The van der Waals surface area contributed by atoms with Gasteiger partial charge in [0.05, 0.1) is 17.5 Å². The topological polar surface area (TPSA) is 151 Å². The quantitative estimate of drug-likeness (QED) is 0.215. The third kappa shape index (κ3) is 11.4. The van der Waals surface area contributed by atoms with Gasteiger partial charge in [0.15, 0.2) is 0 Å². The van der Waals surface area contributed by atoms with Crippen LogP contribution in [0.15, 0.2) is 48.7 Å². The van der Waals surface area contributed by atoms with E-state index in [1.807, 2.05) is 0 Å². The molecule has 0 aliphatic rings. The standard InChI is InChI=1S/C30H35ClF2N6O6/c1-30(2,3)45-28(42)35-11-10-34-25(40)14-22(39(4)27(41)37-16-19-6-5-7-23(33)26(19)31)17-44-29(43)38-24-13-20-12-21(32)9-8-18(20)15-36-24/h5-9,12-13,15,22H,10-11,14,16-17H2,1-4H3,(H,34,40)(H,35,42)(H,37,41)(H,36,38,43)/t22-/m0/s1. The predicted octanol–water partition coefficient (Wildman–Crippen LogP) is 4.96. The molecule has 0 aliphatic heterocycles. The number of urea groups is 1. The normalized spacial score (nSPS) is 11.7. The van der Waals surface area contributed by atoms with E-state index < -0.39 is 54.0 Å². The fourth-order valence-electron chi connectivity index (χ4n) is 3.91. The van der Waals surface area contributed by atoms with Crippen molar-refractivity contribution in [2.45, 2.75) is 45.4 Å². The number of amides is 5. The molecular formula is C30H35ClF2N6O6. The van der Waals surface area contributed by atoms with Crippen LogP contribution in [0.3, 0.4) is 0 Å². The van der Waals surface area contributed by atoms with Gasteiger partial charge < -0.3 is 30.3 Å². The summed E-state index contributed by atoms with van der Waals surface area (Å²) < 4.78 is 37.9. The van der Waals surface area contributed by atoms with Crippen LogP contribution in [0.25, 0.3) is 10.8 Å². The predicted molar refractivity (Wildman–Crippen MR) is 164 cm³/mol. The second-order valence-electron chi connectivity index (χ2n) is 10.9. The molecule has 0 unspecified atom stereocenters. The fourth-order valence-corrected chi connectivity index (χ4v) is 4.11. The Morgan fingerprint density at radius 3 is 2.44 bits per heavy atom. The second-order valence-corrected chi connectivity index (χ2v) is 11.3. The van der Waals surface area contributed by atoms with E-state index in [0.717, 1.165) is 4.90 Å². The van der Waals surface area contributed by atoms with E-state index >= 15 is 0 Å². The summed E-state index contributed by atoms with van der Waals surface area (Å²) in [7, 11) is 1.39. The Kier molecular flexibility index (Phi) is 12.2. The summed E-state index contributed by atoms with van der Waals surface area (Å²) in [5, 5.41) is 11.2. The van der Waals surface area contributed by atoms with E-state index in [2.05, 4.69) is 26.3 Å². The number of aromatic nitrogens is 1. The van der Waals surface area contributed by atoms with Crippen LogP contribution in [0.1, 0.15) is 32.8 Å². The molecule has 0 saturated carbocycles. The van der Waals surface area contributed by atoms with Crippen molar-refractivity contribution >= 4 is 52.3 Å². The number of anilines is 1. The molecule has 0 radical (unpaired) electrons. The number of fused-ring (bicyclic) bond motifs is 1. The van der Waals surface area contributed by atoms with E-state index in [1.54, 1.807) is 32.9 Å². The molecule has 0 aliphatic carbocycles. The van der Waals surface area contributed by atoms with E-state index in [0.29, 0.717) is 16.3 Å². The molecule has 0 saturated heterocycles. The molecule has 12 nitrogen and oxygen atoms in total. The maximum atomic E-state index is 13.8. The molecule has 4 N–H and O–H groups in total. The van der Waals surface area contributed by atoms with Gasteiger partial charge in [-0.25, -0.2) is 28.1 Å². The Balaban J connectivity index is 1.61. The summed E-state index contributed by atoms with van der Waals surface area (Å²) in [6.07, 6.45) is -0.392. The van der Waals surface area contributed by atoms with Gasteiger partial charge in [-0.05, 0) is 62.1 Å². The minimum absolute atomic E-state index is 0.0638. The lowest BCUT2D eigenvalue weighted by Gasteiger charge is -2.28. The lowest BCUT2D eigenvalue weighted by molar-refractivity contribution is -0.122. The van der Waals surface area contributed by atoms with Gasteiger partial charge in [-0.1, -0.05) is 23.7 Å². The molecule has 0 spiro atoms. The maximum absolute atomic E-state index is 13.8. The van der Waals surface area contributed by atoms with Crippen molar-refractivity contribution in [3.8, 4) is 0 Å². The number of benzene rings is 2. The average molecular weight is 649 g/mol. The Morgan fingerprint density at radius 1 is 0.978 bits per heavy atom. The van der Waals surface area contributed by atoms with E-state index in [1.165, 1.54) is 43.6 Å². The summed E-state index contributed by atoms with van der Waals surface area (Å²) in [5.74, 6) is -1.49. The molecule has 1 atom stereocenters. The van der Waals surface area contributed by atoms with Crippen molar-refractivity contribution in [3.05, 3.63) is 70.9 Å². The van der Waals surface area contributed by atoms with Crippen molar-refractivity contribution in [2.75, 3.05) is 32.1 Å². The molecule has 15 heteroatoms. The Labute approximate surface area is 263 Å². The van der Waals surface area contributed by atoms with Crippen LogP contribution >= 0.6 is 11.6 Å². The SMILES string of the molecule is CN(C(=O)NCc1cccc(F)c1Cl)[C@H](COC(=O)Nc1cc2cc(F)ccc2cn1)CC(=O)NCCNC(=O)OC(C)(C)C. The van der Waals surface area contributed by atoms with Crippen LogP contribution < -0.4 is 21.3 Å². The lowest BCUT2D eigenvalue weighted by atomic mass is 10.2. The van der Waals surface area contributed by atoms with Crippen molar-refractivity contribution in [1.29, 1.82) is 0 Å². The summed E-state index contributed by atoms with van der Waals surface area (Å²) in [4.78, 5) is 55.4. The zero-order chi connectivity index (χ0) is 33.1. The van der Waals surface area contributed by atoms with Crippen molar-refractivity contribution < 1.29 is 37.4 Å². The summed E-state index contributed by atoms with van der Waals surface area (Å²) in [5.41, 5.74) is -0.344. The van der Waals surface area contributed by atoms with Gasteiger partial charge in [0.25, 0.3) is 0 Å². The highest BCUT2D eigenvalue weighted by Gasteiger charge is 2.25. The van der Waals surface area contributed by atoms with Gasteiger partial charge >= 0.3 is 18.2 Å². The summed E-state index contributed by atoms with van der Waals surface area (Å²) >= 11 is 5.98. The van der Waals surface area contributed by atoms with Crippen molar-refractivity contribution in [2.24, 2.45) is 0 Å². The molecule has 3 aromatic rings. The molecule has 1 heterocycles. The minimum atomic E-state index is -0.948. The minimum Gasteiger partial charge on any atom is -0.447 e. The number of alkyl carbamates (subject to hydrolysis) is 1. The third-order valence-corrected chi connectivity index (χ3v) is 6.61. The van der Waals surface area contributed by atoms with Gasteiger partial charge in [-0.15, -0.1) is 0 Å². The Bertz CT molecular complexity index is 1540. The van der Waals surface area contributed by atoms with Crippen molar-refractivity contribution in [1.82, 2.24) is 25.8 Å². The number of likely N-dealkylation sites (N-methyl/N-ethyl adjacent to an activating group) is 1. The zero-order valence-electron chi connectivity index (χ0n) is 25.2. The second kappa shape index (κ2) is 15.8. The zero-order valence-corrected chi connectivity index (χ0v) is 26.0. The maximum Gasteiger partial charge on any atom is 0.412 e. The van der Waals surface area contributed by atoms with E-state index in [4.69, 9.17) is 21.1 Å². The number of ether oxygens (including phenoxy) is 2. The molecule has 0 fully saturated rings.